The van der Waals surface area contributed by atoms with Gasteiger partial charge in [-0.2, -0.15) is 0 Å². The minimum atomic E-state index is -0.967. The molecule has 1 aromatic carbocycles. The number of fused-ring (bicyclic) bond motifs is 1. The molecule has 2 fully saturated rings. The first-order chi connectivity index (χ1) is 8.99. The van der Waals surface area contributed by atoms with Crippen molar-refractivity contribution in [1.29, 1.82) is 0 Å². The maximum absolute atomic E-state index is 13.0. The molecule has 1 aromatic rings. The number of β-amino-alcohol motifs (C(OH)–C–C–N with tert-alkyl or cyclic N) is 1. The third kappa shape index (κ3) is 1.94. The zero-order valence-corrected chi connectivity index (χ0v) is 10.5. The number of benzene rings is 1. The van der Waals surface area contributed by atoms with Crippen LogP contribution in [0.4, 0.5) is 4.39 Å². The summed E-state index contributed by atoms with van der Waals surface area (Å²) in [4.78, 5) is 24.7. The highest BCUT2D eigenvalue weighted by molar-refractivity contribution is 6.08. The monoisotopic (exact) mass is 263 g/mol. The Balaban J connectivity index is 1.76. The summed E-state index contributed by atoms with van der Waals surface area (Å²) >= 11 is 0. The normalized spacial score (nSPS) is 26.6. The molecule has 0 bridgehead atoms. The maximum Gasteiger partial charge on any atom is 0.233 e. The molecule has 19 heavy (non-hydrogen) atoms. The Morgan fingerprint density at radius 1 is 1.37 bits per heavy atom. The molecule has 4 nitrogen and oxygen atoms in total. The van der Waals surface area contributed by atoms with Gasteiger partial charge in [-0.25, -0.2) is 4.39 Å². The van der Waals surface area contributed by atoms with Crippen molar-refractivity contribution in [2.75, 3.05) is 6.54 Å². The summed E-state index contributed by atoms with van der Waals surface area (Å²) in [5.74, 6) is -1.06. The van der Waals surface area contributed by atoms with E-state index >= 15 is 0 Å². The van der Waals surface area contributed by atoms with E-state index in [0.717, 1.165) is 4.90 Å². The number of halogens is 1. The SMILES string of the molecule is Cc1cc(F)ccc1C(O)CN1C(=O)C2CC2C1=O. The number of aryl methyl sites for hydroxylation is 1. The summed E-state index contributed by atoms with van der Waals surface area (Å²) in [6.07, 6.45) is -0.314. The summed E-state index contributed by atoms with van der Waals surface area (Å²) in [6, 6.07) is 4.07. The first kappa shape index (κ1) is 12.3. The zero-order chi connectivity index (χ0) is 13.7. The van der Waals surface area contributed by atoms with Crippen molar-refractivity contribution in [2.24, 2.45) is 11.8 Å². The molecule has 1 heterocycles. The Hall–Kier alpha value is -1.75. The minimum absolute atomic E-state index is 0.0445. The van der Waals surface area contributed by atoms with Gasteiger partial charge in [-0.15, -0.1) is 0 Å². The lowest BCUT2D eigenvalue weighted by atomic mass is 10.0. The second kappa shape index (κ2) is 4.13. The molecule has 5 heteroatoms. The van der Waals surface area contributed by atoms with Gasteiger partial charge in [0.15, 0.2) is 0 Å². The van der Waals surface area contributed by atoms with Gasteiger partial charge in [0, 0.05) is 0 Å². The zero-order valence-electron chi connectivity index (χ0n) is 10.5. The van der Waals surface area contributed by atoms with Gasteiger partial charge in [-0.3, -0.25) is 14.5 Å². The van der Waals surface area contributed by atoms with E-state index < -0.39 is 6.10 Å². The molecule has 2 amide bonds. The molecule has 1 saturated heterocycles. The second-order valence-corrected chi connectivity index (χ2v) is 5.25. The van der Waals surface area contributed by atoms with Crippen LogP contribution in [0.3, 0.4) is 0 Å². The van der Waals surface area contributed by atoms with Gasteiger partial charge in [0.05, 0.1) is 24.5 Å². The van der Waals surface area contributed by atoms with Crippen LogP contribution in [-0.4, -0.2) is 28.4 Å². The number of hydrogen-bond acceptors (Lipinski definition) is 3. The van der Waals surface area contributed by atoms with Gasteiger partial charge in [-0.05, 0) is 36.6 Å². The van der Waals surface area contributed by atoms with Crippen LogP contribution < -0.4 is 0 Å². The summed E-state index contributed by atoms with van der Waals surface area (Å²) in [5.41, 5.74) is 1.15. The van der Waals surface area contributed by atoms with Crippen molar-refractivity contribution in [3.63, 3.8) is 0 Å². The number of amides is 2. The highest BCUT2D eigenvalue weighted by Crippen LogP contribution is 2.47. The standard InChI is InChI=1S/C14H14FNO3/c1-7-4-8(15)2-3-9(7)12(17)6-16-13(18)10-5-11(10)14(16)19/h2-4,10-12,17H,5-6H2,1H3. The smallest absolute Gasteiger partial charge is 0.233 e. The van der Waals surface area contributed by atoms with Crippen molar-refractivity contribution >= 4 is 11.8 Å². The fraction of sp³-hybridized carbons (Fsp3) is 0.429. The average molecular weight is 263 g/mol. The Morgan fingerprint density at radius 2 is 2.00 bits per heavy atom. The third-order valence-electron chi connectivity index (χ3n) is 3.90. The van der Waals surface area contributed by atoms with Crippen molar-refractivity contribution in [3.05, 3.63) is 35.1 Å². The Kier molecular flexibility index (Phi) is 2.67. The van der Waals surface area contributed by atoms with Crippen LogP contribution in [0, 0.1) is 24.6 Å². The van der Waals surface area contributed by atoms with Gasteiger partial charge >= 0.3 is 0 Å². The molecule has 100 valence electrons. The van der Waals surface area contributed by atoms with Gasteiger partial charge in [0.2, 0.25) is 11.8 Å². The maximum atomic E-state index is 13.0. The first-order valence-electron chi connectivity index (χ1n) is 6.28. The van der Waals surface area contributed by atoms with Gasteiger partial charge in [-0.1, -0.05) is 6.07 Å². The summed E-state index contributed by atoms with van der Waals surface area (Å²) in [5, 5.41) is 10.1. The number of aliphatic hydroxyl groups excluding tert-OH is 1. The number of likely N-dealkylation sites (tertiary alicyclic amines) is 1. The largest absolute Gasteiger partial charge is 0.387 e. The molecule has 1 saturated carbocycles. The fourth-order valence-electron chi connectivity index (χ4n) is 2.71. The predicted molar refractivity (Wildman–Crippen MR) is 64.4 cm³/mol. The number of carbonyl (C=O) groups excluding carboxylic acids is 2. The number of piperidine rings is 1. The molecule has 0 radical (unpaired) electrons. The molecule has 2 aliphatic rings. The van der Waals surface area contributed by atoms with Crippen molar-refractivity contribution < 1.29 is 19.1 Å². The van der Waals surface area contributed by atoms with Gasteiger partial charge in [0.25, 0.3) is 0 Å². The van der Waals surface area contributed by atoms with Crippen molar-refractivity contribution in [1.82, 2.24) is 4.90 Å². The first-order valence-corrected chi connectivity index (χ1v) is 6.28. The Labute approximate surface area is 109 Å². The lowest BCUT2D eigenvalue weighted by Crippen LogP contribution is -2.36. The number of nitrogens with zero attached hydrogens (tertiary/aromatic N) is 1. The topological polar surface area (TPSA) is 57.6 Å². The van der Waals surface area contributed by atoms with Crippen LogP contribution in [-0.2, 0) is 9.59 Å². The molecule has 0 aromatic heterocycles. The highest BCUT2D eigenvalue weighted by atomic mass is 19.1. The van der Waals surface area contributed by atoms with E-state index in [1.165, 1.54) is 18.2 Å². The molecule has 3 unspecified atom stereocenters. The lowest BCUT2D eigenvalue weighted by molar-refractivity contribution is -0.143. The number of aliphatic hydroxyl groups is 1. The van der Waals surface area contributed by atoms with E-state index in [1.54, 1.807) is 6.92 Å². The fourth-order valence-corrected chi connectivity index (χ4v) is 2.71. The van der Waals surface area contributed by atoms with E-state index in [9.17, 15) is 19.1 Å². The second-order valence-electron chi connectivity index (χ2n) is 5.25. The predicted octanol–water partition coefficient (Wildman–Crippen LogP) is 1.17. The van der Waals surface area contributed by atoms with Crippen LogP contribution >= 0.6 is 0 Å². The lowest BCUT2D eigenvalue weighted by Gasteiger charge is -2.21. The number of imide groups is 1. The molecule has 1 aliphatic heterocycles. The van der Waals surface area contributed by atoms with Crippen molar-refractivity contribution in [3.8, 4) is 0 Å². The summed E-state index contributed by atoms with van der Waals surface area (Å²) < 4.78 is 13.0. The van der Waals surface area contributed by atoms with E-state index in [-0.39, 0.29) is 36.0 Å². The molecule has 0 spiro atoms. The number of hydrogen-bond donors (Lipinski definition) is 1. The molecule has 3 atom stereocenters. The number of carbonyl (C=O) groups is 2. The van der Waals surface area contributed by atoms with Crippen LogP contribution in [0.1, 0.15) is 23.7 Å². The van der Waals surface area contributed by atoms with Crippen LogP contribution in [0.5, 0.6) is 0 Å². The van der Waals surface area contributed by atoms with Gasteiger partial charge < -0.3 is 5.11 Å². The number of rotatable bonds is 3. The molecule has 1 aliphatic carbocycles. The highest BCUT2D eigenvalue weighted by Gasteiger charge is 2.58. The Bertz CT molecular complexity index is 552. The van der Waals surface area contributed by atoms with Crippen LogP contribution in [0.15, 0.2) is 18.2 Å². The molecular weight excluding hydrogens is 249 g/mol. The van der Waals surface area contributed by atoms with Gasteiger partial charge in [0.1, 0.15) is 5.82 Å². The summed E-state index contributed by atoms with van der Waals surface area (Å²) in [7, 11) is 0. The summed E-state index contributed by atoms with van der Waals surface area (Å²) in [6.45, 7) is 1.64. The van der Waals surface area contributed by atoms with Crippen molar-refractivity contribution in [2.45, 2.75) is 19.4 Å². The van der Waals surface area contributed by atoms with Crippen LogP contribution in [0.25, 0.3) is 0 Å². The van der Waals surface area contributed by atoms with E-state index in [1.807, 2.05) is 0 Å². The quantitative estimate of drug-likeness (QED) is 0.833. The molecule has 3 rings (SSSR count). The van der Waals surface area contributed by atoms with Crippen LogP contribution in [0.2, 0.25) is 0 Å². The van der Waals surface area contributed by atoms with E-state index in [0.29, 0.717) is 17.5 Å². The Morgan fingerprint density at radius 3 is 2.58 bits per heavy atom. The minimum Gasteiger partial charge on any atom is -0.387 e. The van der Waals surface area contributed by atoms with E-state index in [2.05, 4.69) is 0 Å². The molecule has 1 N–H and O–H groups in total. The molecular formula is C14H14FNO3. The third-order valence-corrected chi connectivity index (χ3v) is 3.90. The van der Waals surface area contributed by atoms with E-state index in [4.69, 9.17) is 0 Å². The average Bonchev–Trinajstić information content (AvgIpc) is 3.09.